The summed E-state index contributed by atoms with van der Waals surface area (Å²) in [5.74, 6) is 2.19. The van der Waals surface area contributed by atoms with Gasteiger partial charge in [0.05, 0.1) is 11.8 Å². The summed E-state index contributed by atoms with van der Waals surface area (Å²) in [6.07, 6.45) is 5.66. The van der Waals surface area contributed by atoms with Crippen molar-refractivity contribution in [1.29, 1.82) is 0 Å². The number of hydrogen-bond donors (Lipinski definition) is 1. The normalized spacial score (nSPS) is 20.5. The average Bonchev–Trinajstić information content (AvgIpc) is 2.88. The van der Waals surface area contributed by atoms with Gasteiger partial charge in [0, 0.05) is 19.4 Å². The van der Waals surface area contributed by atoms with Crippen molar-refractivity contribution in [3.8, 4) is 0 Å². The smallest absolute Gasteiger partial charge is 0.235 e. The van der Waals surface area contributed by atoms with Crippen LogP contribution >= 0.6 is 11.8 Å². The number of hydrogen-bond acceptors (Lipinski definition) is 3. The van der Waals surface area contributed by atoms with Crippen molar-refractivity contribution < 1.29 is 4.79 Å². The van der Waals surface area contributed by atoms with E-state index in [1.165, 1.54) is 0 Å². The van der Waals surface area contributed by atoms with Crippen LogP contribution in [0.3, 0.4) is 0 Å². The molecule has 1 N–H and O–H groups in total. The van der Waals surface area contributed by atoms with Gasteiger partial charge in [-0.2, -0.15) is 0 Å². The van der Waals surface area contributed by atoms with Crippen LogP contribution in [0.15, 0.2) is 12.4 Å². The number of aromatic nitrogens is 2. The molecule has 1 fully saturated rings. The number of aromatic amines is 1. The van der Waals surface area contributed by atoms with Crippen molar-refractivity contribution in [2.24, 2.45) is 0 Å². The summed E-state index contributed by atoms with van der Waals surface area (Å²) in [6, 6.07) is 0. The molecule has 1 aliphatic heterocycles. The van der Waals surface area contributed by atoms with E-state index >= 15 is 0 Å². The van der Waals surface area contributed by atoms with Crippen LogP contribution in [0.1, 0.15) is 18.7 Å². The minimum atomic E-state index is 0.171. The average molecular weight is 225 g/mol. The first-order valence-corrected chi connectivity index (χ1v) is 6.17. The van der Waals surface area contributed by atoms with Crippen LogP contribution < -0.4 is 0 Å². The molecule has 1 saturated heterocycles. The van der Waals surface area contributed by atoms with Gasteiger partial charge in [0.2, 0.25) is 5.91 Å². The van der Waals surface area contributed by atoms with Crippen molar-refractivity contribution in [3.05, 3.63) is 18.2 Å². The molecular weight excluding hydrogens is 210 g/mol. The molecule has 1 unspecified atom stereocenters. The van der Waals surface area contributed by atoms with E-state index in [4.69, 9.17) is 0 Å². The fraction of sp³-hybridized carbons (Fsp3) is 0.600. The summed E-state index contributed by atoms with van der Waals surface area (Å²) in [5.41, 5.74) is 0. The molecule has 1 aliphatic rings. The minimum Gasteiger partial charge on any atom is -0.347 e. The third-order valence-electron chi connectivity index (χ3n) is 2.52. The molecule has 2 heterocycles. The summed E-state index contributed by atoms with van der Waals surface area (Å²) in [4.78, 5) is 20.8. The molecule has 5 heteroatoms. The van der Waals surface area contributed by atoms with Gasteiger partial charge in [-0.05, 0) is 18.6 Å². The van der Waals surface area contributed by atoms with Gasteiger partial charge < -0.3 is 9.88 Å². The van der Waals surface area contributed by atoms with Gasteiger partial charge in [0.25, 0.3) is 0 Å². The largest absolute Gasteiger partial charge is 0.347 e. The van der Waals surface area contributed by atoms with Gasteiger partial charge in [-0.25, -0.2) is 4.98 Å². The van der Waals surface area contributed by atoms with Gasteiger partial charge >= 0.3 is 0 Å². The van der Waals surface area contributed by atoms with E-state index in [1.54, 1.807) is 29.1 Å². The molecule has 82 valence electrons. The van der Waals surface area contributed by atoms with E-state index in [0.29, 0.717) is 6.54 Å². The Labute approximate surface area is 93.5 Å². The maximum absolute atomic E-state index is 11.9. The number of amides is 1. The van der Waals surface area contributed by atoms with Gasteiger partial charge in [0.1, 0.15) is 5.82 Å². The lowest BCUT2D eigenvalue weighted by atomic mass is 10.2. The first-order valence-electron chi connectivity index (χ1n) is 5.12. The molecule has 0 bridgehead atoms. The van der Waals surface area contributed by atoms with Gasteiger partial charge in [-0.1, -0.05) is 0 Å². The van der Waals surface area contributed by atoms with Crippen LogP contribution in [0.2, 0.25) is 0 Å². The first-order chi connectivity index (χ1) is 7.27. The molecule has 1 aromatic rings. The molecular formula is C10H15N3OS. The zero-order valence-corrected chi connectivity index (χ0v) is 9.59. The topological polar surface area (TPSA) is 49.0 Å². The van der Waals surface area contributed by atoms with E-state index in [9.17, 15) is 4.79 Å². The highest BCUT2D eigenvalue weighted by Gasteiger charge is 2.26. The maximum atomic E-state index is 11.9. The molecule has 1 aromatic heterocycles. The summed E-state index contributed by atoms with van der Waals surface area (Å²) in [5, 5.41) is 0.171. The predicted octanol–water partition coefficient (Wildman–Crippen LogP) is 1.26. The zero-order valence-electron chi connectivity index (χ0n) is 8.77. The van der Waals surface area contributed by atoms with Gasteiger partial charge in [-0.3, -0.25) is 4.79 Å². The minimum absolute atomic E-state index is 0.171. The molecule has 0 radical (unpaired) electrons. The van der Waals surface area contributed by atoms with Crippen LogP contribution in [0.4, 0.5) is 0 Å². The molecule has 0 spiro atoms. The number of nitrogens with zero attached hydrogens (tertiary/aromatic N) is 2. The van der Waals surface area contributed by atoms with Gasteiger partial charge in [0.15, 0.2) is 0 Å². The highest BCUT2D eigenvalue weighted by Crippen LogP contribution is 2.27. The molecule has 0 aromatic carbocycles. The molecule has 2 rings (SSSR count). The van der Waals surface area contributed by atoms with E-state index in [2.05, 4.69) is 9.97 Å². The Morgan fingerprint density at radius 2 is 2.67 bits per heavy atom. The van der Waals surface area contributed by atoms with E-state index < -0.39 is 0 Å². The first kappa shape index (κ1) is 10.5. The lowest BCUT2D eigenvalue weighted by Gasteiger charge is -2.19. The Morgan fingerprint density at radius 1 is 1.80 bits per heavy atom. The second-order valence-electron chi connectivity index (χ2n) is 3.73. The number of carbonyl (C=O) groups excluding carboxylic acids is 1. The number of imidazole rings is 1. The molecule has 1 amide bonds. The van der Waals surface area contributed by atoms with Crippen LogP contribution in [-0.2, 0) is 11.3 Å². The Bertz CT molecular complexity index is 319. The molecule has 15 heavy (non-hydrogen) atoms. The summed E-state index contributed by atoms with van der Waals surface area (Å²) in [7, 11) is 1.84. The molecule has 1 atom stereocenters. The fourth-order valence-corrected chi connectivity index (χ4v) is 2.98. The second-order valence-corrected chi connectivity index (χ2v) is 5.04. The standard InChI is InChI=1S/C10H15N3OS/c1-13(7-9-11-4-5-12-9)10(14)8-3-2-6-15-8/h4-5,8H,2-3,6-7H2,1H3,(H,11,12). The maximum Gasteiger partial charge on any atom is 0.235 e. The summed E-state index contributed by atoms with van der Waals surface area (Å²) >= 11 is 1.77. The zero-order chi connectivity index (χ0) is 10.7. The third-order valence-corrected chi connectivity index (χ3v) is 3.89. The van der Waals surface area contributed by atoms with Crippen LogP contribution in [-0.4, -0.2) is 38.8 Å². The quantitative estimate of drug-likeness (QED) is 0.842. The Balaban J connectivity index is 1.89. The predicted molar refractivity (Wildman–Crippen MR) is 60.5 cm³/mol. The SMILES string of the molecule is CN(Cc1ncc[nH]1)C(=O)C1CCCS1. The van der Waals surface area contributed by atoms with Crippen molar-refractivity contribution in [3.63, 3.8) is 0 Å². The van der Waals surface area contributed by atoms with E-state index in [0.717, 1.165) is 24.4 Å². The number of nitrogens with one attached hydrogen (secondary N) is 1. The van der Waals surface area contributed by atoms with Crippen LogP contribution in [0.5, 0.6) is 0 Å². The lowest BCUT2D eigenvalue weighted by Crippen LogP contribution is -2.33. The fourth-order valence-electron chi connectivity index (χ4n) is 1.71. The van der Waals surface area contributed by atoms with Crippen molar-refractivity contribution in [2.75, 3.05) is 12.8 Å². The number of thioether (sulfide) groups is 1. The third kappa shape index (κ3) is 2.53. The lowest BCUT2D eigenvalue weighted by molar-refractivity contribution is -0.129. The second kappa shape index (κ2) is 4.70. The van der Waals surface area contributed by atoms with Crippen molar-refractivity contribution in [1.82, 2.24) is 14.9 Å². The highest BCUT2D eigenvalue weighted by molar-refractivity contribution is 8.00. The van der Waals surface area contributed by atoms with Crippen molar-refractivity contribution >= 4 is 17.7 Å². The summed E-state index contributed by atoms with van der Waals surface area (Å²) in [6.45, 7) is 0.572. The summed E-state index contributed by atoms with van der Waals surface area (Å²) < 4.78 is 0. The Hall–Kier alpha value is -0.970. The molecule has 0 aliphatic carbocycles. The monoisotopic (exact) mass is 225 g/mol. The molecule has 0 saturated carbocycles. The van der Waals surface area contributed by atoms with Crippen LogP contribution in [0, 0.1) is 0 Å². The molecule has 4 nitrogen and oxygen atoms in total. The van der Waals surface area contributed by atoms with E-state index in [-0.39, 0.29) is 11.2 Å². The number of H-pyrrole nitrogens is 1. The Morgan fingerprint density at radius 3 is 3.27 bits per heavy atom. The van der Waals surface area contributed by atoms with Crippen LogP contribution in [0.25, 0.3) is 0 Å². The number of carbonyl (C=O) groups is 1. The van der Waals surface area contributed by atoms with E-state index in [1.807, 2.05) is 7.05 Å². The highest BCUT2D eigenvalue weighted by atomic mass is 32.2. The Kier molecular flexibility index (Phi) is 3.30. The van der Waals surface area contributed by atoms with Crippen molar-refractivity contribution in [2.45, 2.75) is 24.6 Å². The number of rotatable bonds is 3. The van der Waals surface area contributed by atoms with Gasteiger partial charge in [-0.15, -0.1) is 11.8 Å².